The van der Waals surface area contributed by atoms with Crippen molar-refractivity contribution >= 4 is 11.7 Å². The minimum atomic E-state index is -0.230. The number of anilines is 1. The summed E-state index contributed by atoms with van der Waals surface area (Å²) >= 11 is 0. The zero-order valence-corrected chi connectivity index (χ0v) is 13.4. The standard InChI is InChI=1S/C16H20N6O/c1-10(2)23-12-6-7-13(18-9-12)15-20-16(22-21-15)19-14-11(3)5-4-8-17-14/h4-10,16,22H,1-3H3,(H,17,19)(H,20,21). The van der Waals surface area contributed by atoms with Crippen LogP contribution in [-0.4, -0.2) is 28.2 Å². The lowest BCUT2D eigenvalue weighted by Gasteiger charge is -2.15. The second-order valence-corrected chi connectivity index (χ2v) is 5.53. The van der Waals surface area contributed by atoms with Crippen LogP contribution < -0.4 is 20.8 Å². The van der Waals surface area contributed by atoms with E-state index in [0.29, 0.717) is 5.84 Å². The van der Waals surface area contributed by atoms with Crippen molar-refractivity contribution in [3.05, 3.63) is 47.9 Å². The number of amidine groups is 1. The number of pyridine rings is 2. The summed E-state index contributed by atoms with van der Waals surface area (Å²) in [6.45, 7) is 5.97. The van der Waals surface area contributed by atoms with Gasteiger partial charge >= 0.3 is 0 Å². The number of rotatable bonds is 5. The number of aryl methyl sites for hydroxylation is 1. The summed E-state index contributed by atoms with van der Waals surface area (Å²) in [5, 5.41) is 10.7. The third-order valence-electron chi connectivity index (χ3n) is 3.23. The number of aromatic nitrogens is 2. The zero-order valence-electron chi connectivity index (χ0n) is 13.4. The van der Waals surface area contributed by atoms with E-state index in [1.807, 2.05) is 45.0 Å². The highest BCUT2D eigenvalue weighted by Crippen LogP contribution is 2.13. The largest absolute Gasteiger partial charge is 0.489 e. The van der Waals surface area contributed by atoms with Gasteiger partial charge in [-0.2, -0.15) is 5.10 Å². The Labute approximate surface area is 135 Å². The zero-order chi connectivity index (χ0) is 16.2. The SMILES string of the molecule is Cc1cccnc1NC1NN=C(c2ccc(OC(C)C)cn2)N1. The van der Waals surface area contributed by atoms with Gasteiger partial charge in [0.25, 0.3) is 0 Å². The smallest absolute Gasteiger partial charge is 0.191 e. The molecule has 120 valence electrons. The summed E-state index contributed by atoms with van der Waals surface area (Å²) in [7, 11) is 0. The number of hydrazone groups is 1. The Hall–Kier alpha value is -2.83. The molecule has 3 heterocycles. The Bertz CT molecular complexity index is 698. The summed E-state index contributed by atoms with van der Waals surface area (Å²) < 4.78 is 5.59. The molecular weight excluding hydrogens is 292 g/mol. The van der Waals surface area contributed by atoms with Crippen molar-refractivity contribution in [2.24, 2.45) is 5.10 Å². The van der Waals surface area contributed by atoms with Gasteiger partial charge in [0, 0.05) is 6.20 Å². The van der Waals surface area contributed by atoms with Gasteiger partial charge in [0.1, 0.15) is 17.3 Å². The van der Waals surface area contributed by atoms with Crippen LogP contribution in [-0.2, 0) is 0 Å². The second kappa shape index (κ2) is 6.51. The molecule has 1 aliphatic heterocycles. The number of hydrogen-bond donors (Lipinski definition) is 3. The molecule has 2 aromatic rings. The first-order valence-electron chi connectivity index (χ1n) is 7.53. The molecule has 0 aliphatic carbocycles. The summed E-state index contributed by atoms with van der Waals surface area (Å²) in [4.78, 5) is 8.68. The van der Waals surface area contributed by atoms with Crippen molar-refractivity contribution < 1.29 is 4.74 Å². The van der Waals surface area contributed by atoms with Crippen LogP contribution in [0.4, 0.5) is 5.82 Å². The van der Waals surface area contributed by atoms with Crippen LogP contribution in [0, 0.1) is 6.92 Å². The van der Waals surface area contributed by atoms with E-state index >= 15 is 0 Å². The van der Waals surface area contributed by atoms with Gasteiger partial charge in [0.05, 0.1) is 12.3 Å². The van der Waals surface area contributed by atoms with Crippen LogP contribution in [0.3, 0.4) is 0 Å². The summed E-state index contributed by atoms with van der Waals surface area (Å²) in [5.74, 6) is 2.23. The molecule has 0 aromatic carbocycles. The maximum Gasteiger partial charge on any atom is 0.191 e. The van der Waals surface area contributed by atoms with Crippen LogP contribution in [0.5, 0.6) is 5.75 Å². The normalized spacial score (nSPS) is 16.5. The molecule has 1 atom stereocenters. The average molecular weight is 312 g/mol. The van der Waals surface area contributed by atoms with E-state index in [1.165, 1.54) is 0 Å². The highest BCUT2D eigenvalue weighted by molar-refractivity contribution is 5.98. The van der Waals surface area contributed by atoms with Gasteiger partial charge in [-0.3, -0.25) is 5.43 Å². The van der Waals surface area contributed by atoms with Crippen molar-refractivity contribution in [3.8, 4) is 5.75 Å². The van der Waals surface area contributed by atoms with Crippen LogP contribution >= 0.6 is 0 Å². The molecule has 23 heavy (non-hydrogen) atoms. The van der Waals surface area contributed by atoms with Crippen molar-refractivity contribution in [1.82, 2.24) is 20.7 Å². The van der Waals surface area contributed by atoms with Crippen molar-refractivity contribution in [1.29, 1.82) is 0 Å². The van der Waals surface area contributed by atoms with E-state index in [-0.39, 0.29) is 12.4 Å². The van der Waals surface area contributed by atoms with Gasteiger partial charge in [-0.25, -0.2) is 9.97 Å². The maximum absolute atomic E-state index is 5.59. The molecule has 0 spiro atoms. The summed E-state index contributed by atoms with van der Waals surface area (Å²) in [6.07, 6.45) is 3.35. The Morgan fingerprint density at radius 3 is 2.78 bits per heavy atom. The maximum atomic E-state index is 5.59. The Kier molecular flexibility index (Phi) is 4.27. The molecule has 0 saturated carbocycles. The van der Waals surface area contributed by atoms with Gasteiger partial charge in [-0.15, -0.1) is 0 Å². The number of nitrogens with one attached hydrogen (secondary N) is 3. The van der Waals surface area contributed by atoms with E-state index in [9.17, 15) is 0 Å². The fourth-order valence-electron chi connectivity index (χ4n) is 2.17. The fourth-order valence-corrected chi connectivity index (χ4v) is 2.17. The first kappa shape index (κ1) is 15.1. The van der Waals surface area contributed by atoms with E-state index in [1.54, 1.807) is 12.4 Å². The van der Waals surface area contributed by atoms with Gasteiger partial charge in [0.2, 0.25) is 0 Å². The van der Waals surface area contributed by atoms with Gasteiger partial charge < -0.3 is 15.4 Å². The summed E-state index contributed by atoms with van der Waals surface area (Å²) in [5.41, 5.74) is 4.80. The molecule has 7 heteroatoms. The molecule has 1 aliphatic rings. The van der Waals surface area contributed by atoms with Crippen LogP contribution in [0.25, 0.3) is 0 Å². The second-order valence-electron chi connectivity index (χ2n) is 5.53. The molecule has 0 fully saturated rings. The molecule has 0 bridgehead atoms. The van der Waals surface area contributed by atoms with Crippen LogP contribution in [0.15, 0.2) is 41.8 Å². The minimum absolute atomic E-state index is 0.126. The molecule has 1 unspecified atom stereocenters. The third kappa shape index (κ3) is 3.68. The van der Waals surface area contributed by atoms with Gasteiger partial charge in [-0.05, 0) is 44.5 Å². The van der Waals surface area contributed by atoms with E-state index in [4.69, 9.17) is 4.74 Å². The Balaban J connectivity index is 1.62. The van der Waals surface area contributed by atoms with E-state index < -0.39 is 0 Å². The molecule has 7 nitrogen and oxygen atoms in total. The van der Waals surface area contributed by atoms with Gasteiger partial charge in [0.15, 0.2) is 12.1 Å². The number of nitrogens with zero attached hydrogens (tertiary/aromatic N) is 3. The fraction of sp³-hybridized carbons (Fsp3) is 0.312. The highest BCUT2D eigenvalue weighted by atomic mass is 16.5. The first-order chi connectivity index (χ1) is 11.1. The predicted molar refractivity (Wildman–Crippen MR) is 89.2 cm³/mol. The number of ether oxygens (including phenoxy) is 1. The lowest BCUT2D eigenvalue weighted by atomic mass is 10.3. The molecule has 3 N–H and O–H groups in total. The van der Waals surface area contributed by atoms with Crippen molar-refractivity contribution in [3.63, 3.8) is 0 Å². The van der Waals surface area contributed by atoms with Crippen LogP contribution in [0.1, 0.15) is 25.1 Å². The monoisotopic (exact) mass is 312 g/mol. The molecule has 0 saturated heterocycles. The lowest BCUT2D eigenvalue weighted by Crippen LogP contribution is -2.42. The molecule has 2 aromatic heterocycles. The Morgan fingerprint density at radius 2 is 2.09 bits per heavy atom. The summed E-state index contributed by atoms with van der Waals surface area (Å²) in [6, 6.07) is 7.67. The van der Waals surface area contributed by atoms with E-state index in [0.717, 1.165) is 22.8 Å². The first-order valence-corrected chi connectivity index (χ1v) is 7.53. The van der Waals surface area contributed by atoms with Gasteiger partial charge in [-0.1, -0.05) is 6.07 Å². The van der Waals surface area contributed by atoms with Crippen molar-refractivity contribution in [2.45, 2.75) is 33.2 Å². The topological polar surface area (TPSA) is 83.5 Å². The minimum Gasteiger partial charge on any atom is -0.489 e. The quantitative estimate of drug-likeness (QED) is 0.781. The molecule has 3 rings (SSSR count). The highest BCUT2D eigenvalue weighted by Gasteiger charge is 2.19. The average Bonchev–Trinajstić information content (AvgIpc) is 2.98. The third-order valence-corrected chi connectivity index (χ3v) is 3.23. The van der Waals surface area contributed by atoms with E-state index in [2.05, 4.69) is 31.1 Å². The molecule has 0 radical (unpaired) electrons. The Morgan fingerprint density at radius 1 is 1.22 bits per heavy atom. The predicted octanol–water partition coefficient (Wildman–Crippen LogP) is 1.82. The van der Waals surface area contributed by atoms with Crippen LogP contribution in [0.2, 0.25) is 0 Å². The molecule has 0 amide bonds. The van der Waals surface area contributed by atoms with Crippen molar-refractivity contribution in [2.75, 3.05) is 5.32 Å². The lowest BCUT2D eigenvalue weighted by molar-refractivity contribution is 0.241. The number of hydrogen-bond acceptors (Lipinski definition) is 7. The molecular formula is C16H20N6O.